The molecule has 0 aliphatic rings. The number of carboxylic acids is 1. The van der Waals surface area contributed by atoms with E-state index in [1.165, 1.54) is 31.2 Å². The first-order valence-corrected chi connectivity index (χ1v) is 6.05. The zero-order chi connectivity index (χ0) is 15.1. The van der Waals surface area contributed by atoms with E-state index in [1.54, 1.807) is 0 Å². The van der Waals surface area contributed by atoms with Gasteiger partial charge in [-0.25, -0.2) is 18.6 Å². The number of oxazole rings is 1. The molecule has 0 aliphatic heterocycles. The van der Waals surface area contributed by atoms with Crippen LogP contribution in [0.4, 0.5) is 8.78 Å². The number of hydrogen-bond donors (Lipinski definition) is 1. The van der Waals surface area contributed by atoms with E-state index < -0.39 is 17.6 Å². The minimum absolute atomic E-state index is 0.0202. The highest BCUT2D eigenvalue weighted by Crippen LogP contribution is 2.28. The molecular formula is C15H9F2NO3. The molecule has 0 saturated carbocycles. The van der Waals surface area contributed by atoms with Crippen LogP contribution < -0.4 is 0 Å². The van der Waals surface area contributed by atoms with Crippen LogP contribution in [0.3, 0.4) is 0 Å². The first kappa shape index (κ1) is 13.2. The maximum Gasteiger partial charge on any atom is 0.335 e. The molecule has 0 spiro atoms. The number of benzene rings is 2. The molecule has 1 heterocycles. The van der Waals surface area contributed by atoms with Crippen LogP contribution in [0.1, 0.15) is 15.9 Å². The van der Waals surface area contributed by atoms with Crippen LogP contribution in [-0.2, 0) is 0 Å². The van der Waals surface area contributed by atoms with Crippen LogP contribution >= 0.6 is 0 Å². The molecule has 0 aliphatic carbocycles. The Morgan fingerprint density at radius 1 is 1.19 bits per heavy atom. The number of carbonyl (C=O) groups is 1. The number of hydrogen-bond acceptors (Lipinski definition) is 3. The van der Waals surface area contributed by atoms with E-state index in [1.807, 2.05) is 0 Å². The highest BCUT2D eigenvalue weighted by atomic mass is 19.1. The second-order valence-electron chi connectivity index (χ2n) is 4.59. The fourth-order valence-corrected chi connectivity index (χ4v) is 2.00. The lowest BCUT2D eigenvalue weighted by atomic mass is 10.1. The molecule has 0 saturated heterocycles. The van der Waals surface area contributed by atoms with E-state index in [2.05, 4.69) is 4.98 Å². The molecule has 0 fully saturated rings. The minimum atomic E-state index is -1.09. The average Bonchev–Trinajstić information content (AvgIpc) is 2.85. The van der Waals surface area contributed by atoms with Gasteiger partial charge in [-0.05, 0) is 36.8 Å². The van der Waals surface area contributed by atoms with E-state index in [9.17, 15) is 13.6 Å². The summed E-state index contributed by atoms with van der Waals surface area (Å²) in [6, 6.07) is 6.21. The highest BCUT2D eigenvalue weighted by Gasteiger charge is 2.16. The Hall–Kier alpha value is -2.76. The van der Waals surface area contributed by atoms with Gasteiger partial charge in [-0.2, -0.15) is 0 Å². The molecule has 0 unspecified atom stereocenters. The molecule has 0 amide bonds. The number of halogens is 2. The standard InChI is InChI=1S/C15H9F2NO3/c1-7-4-9(11(17)6-10(7)16)14-18-12-5-8(15(19)20)2-3-13(12)21-14/h2-6H,1H3,(H,19,20). The van der Waals surface area contributed by atoms with Gasteiger partial charge in [-0.3, -0.25) is 0 Å². The quantitative estimate of drug-likeness (QED) is 0.779. The fourth-order valence-electron chi connectivity index (χ4n) is 2.00. The van der Waals surface area contributed by atoms with E-state index in [0.29, 0.717) is 11.1 Å². The van der Waals surface area contributed by atoms with Crippen LogP contribution in [-0.4, -0.2) is 16.1 Å². The third-order valence-electron chi connectivity index (χ3n) is 3.11. The maximum atomic E-state index is 13.8. The normalized spacial score (nSPS) is 11.0. The Bertz CT molecular complexity index is 871. The van der Waals surface area contributed by atoms with Crippen molar-refractivity contribution in [3.05, 3.63) is 53.1 Å². The molecule has 3 aromatic rings. The van der Waals surface area contributed by atoms with Crippen LogP contribution in [0.15, 0.2) is 34.7 Å². The summed E-state index contributed by atoms with van der Waals surface area (Å²) < 4.78 is 32.5. The molecule has 0 radical (unpaired) electrons. The van der Waals surface area contributed by atoms with Crippen molar-refractivity contribution in [1.29, 1.82) is 0 Å². The van der Waals surface area contributed by atoms with Gasteiger partial charge in [0.1, 0.15) is 17.2 Å². The predicted molar refractivity (Wildman–Crippen MR) is 71.1 cm³/mol. The zero-order valence-corrected chi connectivity index (χ0v) is 10.9. The SMILES string of the molecule is Cc1cc(-c2nc3cc(C(=O)O)ccc3o2)c(F)cc1F. The fraction of sp³-hybridized carbons (Fsp3) is 0.0667. The van der Waals surface area contributed by atoms with Gasteiger partial charge in [0, 0.05) is 6.07 Å². The number of aromatic nitrogens is 1. The monoisotopic (exact) mass is 289 g/mol. The van der Waals surface area contributed by atoms with Crippen molar-refractivity contribution < 1.29 is 23.1 Å². The smallest absolute Gasteiger partial charge is 0.335 e. The van der Waals surface area contributed by atoms with Gasteiger partial charge < -0.3 is 9.52 Å². The molecule has 21 heavy (non-hydrogen) atoms. The van der Waals surface area contributed by atoms with E-state index in [-0.39, 0.29) is 22.6 Å². The van der Waals surface area contributed by atoms with Crippen molar-refractivity contribution in [3.63, 3.8) is 0 Å². The number of nitrogens with zero attached hydrogens (tertiary/aromatic N) is 1. The van der Waals surface area contributed by atoms with Crippen molar-refractivity contribution >= 4 is 17.1 Å². The summed E-state index contributed by atoms with van der Waals surface area (Å²) in [5.41, 5.74) is 0.975. The summed E-state index contributed by atoms with van der Waals surface area (Å²) in [5.74, 6) is -2.55. The summed E-state index contributed by atoms with van der Waals surface area (Å²) in [6.07, 6.45) is 0. The van der Waals surface area contributed by atoms with Crippen molar-refractivity contribution in [1.82, 2.24) is 4.98 Å². The number of aryl methyl sites for hydroxylation is 1. The molecule has 1 aromatic heterocycles. The lowest BCUT2D eigenvalue weighted by Crippen LogP contribution is -1.94. The molecule has 1 N–H and O–H groups in total. The maximum absolute atomic E-state index is 13.8. The first-order valence-electron chi connectivity index (χ1n) is 6.05. The highest BCUT2D eigenvalue weighted by molar-refractivity contribution is 5.92. The molecular weight excluding hydrogens is 280 g/mol. The van der Waals surface area contributed by atoms with Gasteiger partial charge in [-0.15, -0.1) is 0 Å². The first-order chi connectivity index (χ1) is 9.95. The molecule has 6 heteroatoms. The number of fused-ring (bicyclic) bond motifs is 1. The summed E-state index contributed by atoms with van der Waals surface area (Å²) in [4.78, 5) is 15.0. The van der Waals surface area contributed by atoms with Gasteiger partial charge in [-0.1, -0.05) is 0 Å². The Labute approximate surface area is 117 Å². The van der Waals surface area contributed by atoms with Crippen molar-refractivity contribution in [2.45, 2.75) is 6.92 Å². The summed E-state index contributed by atoms with van der Waals surface area (Å²) in [6.45, 7) is 1.50. The molecule has 106 valence electrons. The topological polar surface area (TPSA) is 63.3 Å². The Morgan fingerprint density at radius 2 is 1.95 bits per heavy atom. The van der Waals surface area contributed by atoms with Gasteiger partial charge >= 0.3 is 5.97 Å². The summed E-state index contributed by atoms with van der Waals surface area (Å²) in [5, 5.41) is 8.92. The molecule has 0 bridgehead atoms. The predicted octanol–water partition coefficient (Wildman–Crippen LogP) is 3.78. The van der Waals surface area contributed by atoms with E-state index in [4.69, 9.17) is 9.52 Å². The summed E-state index contributed by atoms with van der Waals surface area (Å²) >= 11 is 0. The van der Waals surface area contributed by atoms with Crippen molar-refractivity contribution in [3.8, 4) is 11.5 Å². The molecule has 2 aromatic carbocycles. The second kappa shape index (κ2) is 4.66. The van der Waals surface area contributed by atoms with Crippen molar-refractivity contribution in [2.75, 3.05) is 0 Å². The minimum Gasteiger partial charge on any atom is -0.478 e. The number of aromatic carboxylic acids is 1. The lowest BCUT2D eigenvalue weighted by Gasteiger charge is -2.01. The Balaban J connectivity index is 2.17. The van der Waals surface area contributed by atoms with Crippen LogP contribution in [0.25, 0.3) is 22.6 Å². The molecule has 3 rings (SSSR count). The lowest BCUT2D eigenvalue weighted by molar-refractivity contribution is 0.0697. The average molecular weight is 289 g/mol. The molecule has 4 nitrogen and oxygen atoms in total. The Kier molecular flexibility index (Phi) is 2.94. The van der Waals surface area contributed by atoms with Gasteiger partial charge in [0.05, 0.1) is 11.1 Å². The third-order valence-corrected chi connectivity index (χ3v) is 3.11. The number of rotatable bonds is 2. The Morgan fingerprint density at radius 3 is 2.67 bits per heavy atom. The van der Waals surface area contributed by atoms with Crippen LogP contribution in [0.5, 0.6) is 0 Å². The molecule has 0 atom stereocenters. The van der Waals surface area contributed by atoms with E-state index >= 15 is 0 Å². The number of carboxylic acid groups (broad SMARTS) is 1. The van der Waals surface area contributed by atoms with Gasteiger partial charge in [0.2, 0.25) is 5.89 Å². The van der Waals surface area contributed by atoms with Crippen LogP contribution in [0.2, 0.25) is 0 Å². The second-order valence-corrected chi connectivity index (χ2v) is 4.59. The zero-order valence-electron chi connectivity index (χ0n) is 10.9. The summed E-state index contributed by atoms with van der Waals surface area (Å²) in [7, 11) is 0. The largest absolute Gasteiger partial charge is 0.478 e. The van der Waals surface area contributed by atoms with Gasteiger partial charge in [0.25, 0.3) is 0 Å². The van der Waals surface area contributed by atoms with Gasteiger partial charge in [0.15, 0.2) is 5.58 Å². The third kappa shape index (κ3) is 2.24. The van der Waals surface area contributed by atoms with E-state index in [0.717, 1.165) is 6.07 Å². The van der Waals surface area contributed by atoms with Crippen molar-refractivity contribution in [2.24, 2.45) is 0 Å². The van der Waals surface area contributed by atoms with Crippen LogP contribution in [0, 0.1) is 18.6 Å².